The summed E-state index contributed by atoms with van der Waals surface area (Å²) in [6, 6.07) is 26.2. The van der Waals surface area contributed by atoms with E-state index < -0.39 is 0 Å². The largest absolute Gasteiger partial charge is 0.457 e. The molecule has 0 amide bonds. The summed E-state index contributed by atoms with van der Waals surface area (Å²) in [6.07, 6.45) is 0. The molecule has 0 spiro atoms. The third kappa shape index (κ3) is 4.78. The number of hydrogen-bond acceptors (Lipinski definition) is 3. The second-order valence-corrected chi connectivity index (χ2v) is 5.66. The van der Waals surface area contributed by atoms with Gasteiger partial charge in [-0.2, -0.15) is 0 Å². The Morgan fingerprint density at radius 1 is 0.625 bits per heavy atom. The van der Waals surface area contributed by atoms with E-state index in [1.807, 2.05) is 54.6 Å². The second kappa shape index (κ2) is 8.06. The first-order chi connectivity index (χ1) is 11.8. The lowest BCUT2D eigenvalue weighted by molar-refractivity contribution is 0.483. The Kier molecular flexibility index (Phi) is 5.36. The molecule has 0 heterocycles. The molecule has 3 nitrogen and oxygen atoms in total. The molecule has 122 valence electrons. The predicted octanol–water partition coefficient (Wildman–Crippen LogP) is 5.31. The van der Waals surface area contributed by atoms with Crippen molar-refractivity contribution >= 4 is 11.4 Å². The molecular weight excluding hydrogens is 296 g/mol. The molecule has 24 heavy (non-hydrogen) atoms. The fourth-order valence-corrected chi connectivity index (χ4v) is 2.35. The maximum Gasteiger partial charge on any atom is 0.127 e. The Morgan fingerprint density at radius 3 is 1.71 bits per heavy atom. The van der Waals surface area contributed by atoms with E-state index in [-0.39, 0.29) is 0 Å². The molecule has 0 saturated carbocycles. The molecular formula is C21H22N2O. The van der Waals surface area contributed by atoms with E-state index >= 15 is 0 Å². The number of hydrogen-bond donors (Lipinski definition) is 2. The van der Waals surface area contributed by atoms with E-state index in [0.29, 0.717) is 0 Å². The summed E-state index contributed by atoms with van der Waals surface area (Å²) in [6.45, 7) is 3.81. The molecule has 0 saturated heterocycles. The first-order valence-corrected chi connectivity index (χ1v) is 8.17. The van der Waals surface area contributed by atoms with Crippen molar-refractivity contribution in [1.29, 1.82) is 0 Å². The maximum atomic E-state index is 5.79. The molecule has 3 rings (SSSR count). The Balaban J connectivity index is 1.43. The van der Waals surface area contributed by atoms with Gasteiger partial charge < -0.3 is 15.4 Å². The Labute approximate surface area is 143 Å². The van der Waals surface area contributed by atoms with Crippen LogP contribution in [0, 0.1) is 6.92 Å². The minimum Gasteiger partial charge on any atom is -0.457 e. The number of ether oxygens (including phenoxy) is 1. The van der Waals surface area contributed by atoms with Gasteiger partial charge in [-0.3, -0.25) is 0 Å². The number of rotatable bonds is 7. The minimum atomic E-state index is 0.838. The summed E-state index contributed by atoms with van der Waals surface area (Å²) in [7, 11) is 0. The van der Waals surface area contributed by atoms with Gasteiger partial charge in [-0.1, -0.05) is 35.9 Å². The smallest absolute Gasteiger partial charge is 0.127 e. The minimum absolute atomic E-state index is 0.838. The van der Waals surface area contributed by atoms with Crippen molar-refractivity contribution in [2.45, 2.75) is 6.92 Å². The molecule has 3 heteroatoms. The second-order valence-electron chi connectivity index (χ2n) is 5.66. The quantitative estimate of drug-likeness (QED) is 0.579. The van der Waals surface area contributed by atoms with Gasteiger partial charge in [0.25, 0.3) is 0 Å². The molecule has 0 fully saturated rings. The molecule has 0 atom stereocenters. The van der Waals surface area contributed by atoms with Crippen molar-refractivity contribution in [2.24, 2.45) is 0 Å². The molecule has 3 aromatic carbocycles. The van der Waals surface area contributed by atoms with E-state index in [1.165, 1.54) is 5.56 Å². The standard InChI is InChI=1S/C21H22N2O/c1-17-7-9-18(10-8-17)22-15-16-23-19-11-13-21(14-12-19)24-20-5-3-2-4-6-20/h2-14,22-23H,15-16H2,1H3. The number of anilines is 2. The Morgan fingerprint density at radius 2 is 1.12 bits per heavy atom. The van der Waals surface area contributed by atoms with Crippen LogP contribution in [0.25, 0.3) is 0 Å². The molecule has 0 aromatic heterocycles. The summed E-state index contributed by atoms with van der Waals surface area (Å²) in [5.41, 5.74) is 3.51. The average Bonchev–Trinajstić information content (AvgIpc) is 2.62. The monoisotopic (exact) mass is 318 g/mol. The summed E-state index contributed by atoms with van der Waals surface area (Å²) in [5.74, 6) is 1.69. The van der Waals surface area contributed by atoms with Gasteiger partial charge in [0.15, 0.2) is 0 Å². The van der Waals surface area contributed by atoms with Crippen LogP contribution < -0.4 is 15.4 Å². The molecule has 0 aliphatic rings. The molecule has 0 unspecified atom stereocenters. The zero-order chi connectivity index (χ0) is 16.6. The highest BCUT2D eigenvalue weighted by atomic mass is 16.5. The van der Waals surface area contributed by atoms with Gasteiger partial charge in [0.05, 0.1) is 0 Å². The summed E-state index contributed by atoms with van der Waals surface area (Å²) in [4.78, 5) is 0. The van der Waals surface area contributed by atoms with Crippen molar-refractivity contribution in [2.75, 3.05) is 23.7 Å². The molecule has 0 radical (unpaired) electrons. The first kappa shape index (κ1) is 15.9. The molecule has 0 bridgehead atoms. The van der Waals surface area contributed by atoms with Crippen LogP contribution in [0.5, 0.6) is 11.5 Å². The van der Waals surface area contributed by atoms with Crippen LogP contribution in [0.15, 0.2) is 78.9 Å². The first-order valence-electron chi connectivity index (χ1n) is 8.17. The van der Waals surface area contributed by atoms with Crippen LogP contribution in [-0.2, 0) is 0 Å². The van der Waals surface area contributed by atoms with Crippen molar-refractivity contribution in [1.82, 2.24) is 0 Å². The predicted molar refractivity (Wildman–Crippen MR) is 101 cm³/mol. The van der Waals surface area contributed by atoms with E-state index in [2.05, 4.69) is 41.8 Å². The fraction of sp³-hybridized carbons (Fsp3) is 0.143. The van der Waals surface area contributed by atoms with E-state index in [9.17, 15) is 0 Å². The molecule has 0 aliphatic heterocycles. The van der Waals surface area contributed by atoms with Crippen LogP contribution in [0.4, 0.5) is 11.4 Å². The highest BCUT2D eigenvalue weighted by Gasteiger charge is 1.97. The lowest BCUT2D eigenvalue weighted by Crippen LogP contribution is -2.13. The Bertz CT molecular complexity index is 737. The van der Waals surface area contributed by atoms with E-state index in [4.69, 9.17) is 4.74 Å². The summed E-state index contributed by atoms with van der Waals surface area (Å²) in [5, 5.41) is 6.80. The van der Waals surface area contributed by atoms with Gasteiger partial charge in [0.2, 0.25) is 0 Å². The van der Waals surface area contributed by atoms with Crippen molar-refractivity contribution in [3.8, 4) is 11.5 Å². The van der Waals surface area contributed by atoms with Gasteiger partial charge in [0.1, 0.15) is 11.5 Å². The molecule has 2 N–H and O–H groups in total. The third-order valence-corrected chi connectivity index (χ3v) is 3.67. The van der Waals surface area contributed by atoms with Crippen LogP contribution in [0.2, 0.25) is 0 Å². The maximum absolute atomic E-state index is 5.79. The average molecular weight is 318 g/mol. The number of aryl methyl sites for hydroxylation is 1. The van der Waals surface area contributed by atoms with Crippen molar-refractivity contribution < 1.29 is 4.74 Å². The van der Waals surface area contributed by atoms with Crippen LogP contribution >= 0.6 is 0 Å². The fourth-order valence-electron chi connectivity index (χ4n) is 2.35. The Hall–Kier alpha value is -2.94. The third-order valence-electron chi connectivity index (χ3n) is 3.67. The van der Waals surface area contributed by atoms with Crippen LogP contribution in [0.3, 0.4) is 0 Å². The lowest BCUT2D eigenvalue weighted by Gasteiger charge is -2.10. The number of nitrogens with one attached hydrogen (secondary N) is 2. The highest BCUT2D eigenvalue weighted by Crippen LogP contribution is 2.22. The van der Waals surface area contributed by atoms with Crippen molar-refractivity contribution in [3.05, 3.63) is 84.4 Å². The summed E-state index contributed by atoms with van der Waals surface area (Å²) >= 11 is 0. The normalized spacial score (nSPS) is 10.2. The van der Waals surface area contributed by atoms with E-state index in [0.717, 1.165) is 36.0 Å². The van der Waals surface area contributed by atoms with Gasteiger partial charge in [-0.25, -0.2) is 0 Å². The zero-order valence-corrected chi connectivity index (χ0v) is 13.8. The SMILES string of the molecule is Cc1ccc(NCCNc2ccc(Oc3ccccc3)cc2)cc1. The van der Waals surface area contributed by atoms with Crippen LogP contribution in [0.1, 0.15) is 5.56 Å². The highest BCUT2D eigenvalue weighted by molar-refractivity contribution is 5.48. The molecule has 3 aromatic rings. The topological polar surface area (TPSA) is 33.3 Å². The van der Waals surface area contributed by atoms with Crippen molar-refractivity contribution in [3.63, 3.8) is 0 Å². The van der Waals surface area contributed by atoms with Gasteiger partial charge in [-0.05, 0) is 55.5 Å². The zero-order valence-electron chi connectivity index (χ0n) is 13.8. The number of benzene rings is 3. The van der Waals surface area contributed by atoms with Gasteiger partial charge >= 0.3 is 0 Å². The van der Waals surface area contributed by atoms with E-state index in [1.54, 1.807) is 0 Å². The van der Waals surface area contributed by atoms with Gasteiger partial charge in [0, 0.05) is 24.5 Å². The summed E-state index contributed by atoms with van der Waals surface area (Å²) < 4.78 is 5.79. The lowest BCUT2D eigenvalue weighted by atomic mass is 10.2. The number of para-hydroxylation sites is 1. The van der Waals surface area contributed by atoms with Gasteiger partial charge in [-0.15, -0.1) is 0 Å². The van der Waals surface area contributed by atoms with Crippen LogP contribution in [-0.4, -0.2) is 13.1 Å². The molecule has 0 aliphatic carbocycles.